The molecular formula is C14H21NO5. The summed E-state index contributed by atoms with van der Waals surface area (Å²) in [6.07, 6.45) is 3.14. The SMILES string of the molecule is C1C[C@H]2OCC[C@H]2O1.CC(=O)O.Nc1ccc(O)cc1. The van der Waals surface area contributed by atoms with Crippen molar-refractivity contribution in [1.82, 2.24) is 0 Å². The van der Waals surface area contributed by atoms with Gasteiger partial charge in [-0.3, -0.25) is 4.79 Å². The van der Waals surface area contributed by atoms with Gasteiger partial charge in [0, 0.05) is 25.8 Å². The van der Waals surface area contributed by atoms with Crippen LogP contribution in [-0.2, 0) is 14.3 Å². The molecule has 0 saturated carbocycles. The molecule has 0 unspecified atom stereocenters. The standard InChI is InChI=1S/C6H7NO.C6H10O2.C2H4O2/c7-5-1-3-6(8)4-2-5;1-3-7-6-2-4-8-5(1)6;1-2(3)4/h1-4,8H,7H2;5-6H,1-4H2;1H3,(H,3,4)/t;5-,6-;/m.1./s1. The highest BCUT2D eigenvalue weighted by atomic mass is 16.6. The molecule has 1 aromatic rings. The highest BCUT2D eigenvalue weighted by Crippen LogP contribution is 2.25. The number of aliphatic carboxylic acids is 1. The number of rotatable bonds is 0. The monoisotopic (exact) mass is 283 g/mol. The number of phenols is 1. The molecule has 0 spiro atoms. The maximum atomic E-state index is 9.00. The van der Waals surface area contributed by atoms with Crippen LogP contribution in [0.15, 0.2) is 24.3 Å². The van der Waals surface area contributed by atoms with Crippen LogP contribution in [0, 0.1) is 0 Å². The average molecular weight is 283 g/mol. The first kappa shape index (κ1) is 16.3. The highest BCUT2D eigenvalue weighted by Gasteiger charge is 2.33. The largest absolute Gasteiger partial charge is 0.508 e. The van der Waals surface area contributed by atoms with Crippen LogP contribution in [0.1, 0.15) is 19.8 Å². The van der Waals surface area contributed by atoms with Crippen LogP contribution in [-0.4, -0.2) is 41.6 Å². The Balaban J connectivity index is 0.000000160. The molecule has 6 heteroatoms. The van der Waals surface area contributed by atoms with Crippen LogP contribution in [0.25, 0.3) is 0 Å². The van der Waals surface area contributed by atoms with Crippen LogP contribution in [0.3, 0.4) is 0 Å². The quantitative estimate of drug-likeness (QED) is 0.494. The number of carboxylic acid groups (broad SMARTS) is 1. The lowest BCUT2D eigenvalue weighted by atomic mass is 10.2. The van der Waals surface area contributed by atoms with Crippen molar-refractivity contribution in [1.29, 1.82) is 0 Å². The van der Waals surface area contributed by atoms with E-state index in [1.165, 1.54) is 0 Å². The van der Waals surface area contributed by atoms with Gasteiger partial charge in [-0.05, 0) is 37.1 Å². The lowest BCUT2D eigenvalue weighted by molar-refractivity contribution is -0.134. The highest BCUT2D eigenvalue weighted by molar-refractivity contribution is 5.62. The molecule has 1 aromatic carbocycles. The zero-order valence-electron chi connectivity index (χ0n) is 11.5. The van der Waals surface area contributed by atoms with E-state index in [1.54, 1.807) is 24.3 Å². The number of fused-ring (bicyclic) bond motifs is 1. The van der Waals surface area contributed by atoms with Crippen molar-refractivity contribution in [2.75, 3.05) is 18.9 Å². The van der Waals surface area contributed by atoms with Gasteiger partial charge in [0.05, 0.1) is 12.2 Å². The van der Waals surface area contributed by atoms with Gasteiger partial charge in [0.2, 0.25) is 0 Å². The summed E-state index contributed by atoms with van der Waals surface area (Å²) in [5.41, 5.74) is 5.98. The Kier molecular flexibility index (Phi) is 6.83. The summed E-state index contributed by atoms with van der Waals surface area (Å²) in [5, 5.41) is 16.1. The number of nitrogens with two attached hydrogens (primary N) is 1. The van der Waals surface area contributed by atoms with E-state index in [0.29, 0.717) is 17.9 Å². The van der Waals surface area contributed by atoms with Crippen molar-refractivity contribution in [3.05, 3.63) is 24.3 Å². The van der Waals surface area contributed by atoms with Gasteiger partial charge in [-0.1, -0.05) is 0 Å². The Bertz CT molecular complexity index is 362. The fraction of sp³-hybridized carbons (Fsp3) is 0.500. The van der Waals surface area contributed by atoms with Crippen LogP contribution in [0.5, 0.6) is 5.75 Å². The van der Waals surface area contributed by atoms with Gasteiger partial charge in [-0.2, -0.15) is 0 Å². The van der Waals surface area contributed by atoms with Crippen LogP contribution in [0.2, 0.25) is 0 Å². The maximum Gasteiger partial charge on any atom is 0.300 e. The first-order valence-corrected chi connectivity index (χ1v) is 6.46. The third-order valence-corrected chi connectivity index (χ3v) is 2.78. The normalized spacial score (nSPS) is 22.9. The minimum absolute atomic E-state index is 0.249. The number of benzene rings is 1. The van der Waals surface area contributed by atoms with Gasteiger partial charge in [0.1, 0.15) is 5.75 Å². The van der Waals surface area contributed by atoms with Gasteiger partial charge < -0.3 is 25.4 Å². The smallest absolute Gasteiger partial charge is 0.300 e. The average Bonchev–Trinajstić information content (AvgIpc) is 2.96. The molecule has 2 fully saturated rings. The van der Waals surface area contributed by atoms with Crippen molar-refractivity contribution in [3.63, 3.8) is 0 Å². The maximum absolute atomic E-state index is 9.00. The molecule has 4 N–H and O–H groups in total. The van der Waals surface area contributed by atoms with Crippen LogP contribution in [0.4, 0.5) is 5.69 Å². The second-order valence-corrected chi connectivity index (χ2v) is 4.51. The van der Waals surface area contributed by atoms with Crippen LogP contribution >= 0.6 is 0 Å². The van der Waals surface area contributed by atoms with Gasteiger partial charge in [-0.25, -0.2) is 0 Å². The number of anilines is 1. The minimum atomic E-state index is -0.833. The van der Waals surface area contributed by atoms with Crippen molar-refractivity contribution in [2.24, 2.45) is 0 Å². The molecule has 0 aromatic heterocycles. The Morgan fingerprint density at radius 1 is 1.15 bits per heavy atom. The Labute approximate surface area is 118 Å². The lowest BCUT2D eigenvalue weighted by Crippen LogP contribution is -2.13. The summed E-state index contributed by atoms with van der Waals surface area (Å²) in [6.45, 7) is 2.91. The molecule has 2 atom stereocenters. The fourth-order valence-electron chi connectivity index (χ4n) is 1.90. The van der Waals surface area contributed by atoms with E-state index in [-0.39, 0.29) is 5.75 Å². The summed E-state index contributed by atoms with van der Waals surface area (Å²) in [5.74, 6) is -0.584. The molecule has 20 heavy (non-hydrogen) atoms. The molecule has 2 aliphatic rings. The zero-order chi connectivity index (χ0) is 15.0. The Morgan fingerprint density at radius 2 is 1.55 bits per heavy atom. The first-order chi connectivity index (χ1) is 9.49. The Morgan fingerprint density at radius 3 is 1.90 bits per heavy atom. The van der Waals surface area contributed by atoms with Gasteiger partial charge in [0.15, 0.2) is 0 Å². The topological polar surface area (TPSA) is 102 Å². The summed E-state index contributed by atoms with van der Waals surface area (Å²) in [6, 6.07) is 6.40. The van der Waals surface area contributed by atoms with E-state index in [0.717, 1.165) is 33.0 Å². The molecule has 0 radical (unpaired) electrons. The molecular weight excluding hydrogens is 262 g/mol. The van der Waals surface area contributed by atoms with Crippen molar-refractivity contribution in [2.45, 2.75) is 32.0 Å². The van der Waals surface area contributed by atoms with E-state index in [4.69, 9.17) is 30.2 Å². The predicted molar refractivity (Wildman–Crippen MR) is 74.5 cm³/mol. The molecule has 0 bridgehead atoms. The molecule has 6 nitrogen and oxygen atoms in total. The number of ether oxygens (including phenoxy) is 2. The molecule has 3 rings (SSSR count). The van der Waals surface area contributed by atoms with Crippen LogP contribution < -0.4 is 5.73 Å². The number of aromatic hydroxyl groups is 1. The second-order valence-electron chi connectivity index (χ2n) is 4.51. The molecule has 2 saturated heterocycles. The van der Waals surface area contributed by atoms with Gasteiger partial charge >= 0.3 is 0 Å². The fourth-order valence-corrected chi connectivity index (χ4v) is 1.90. The molecule has 2 aliphatic heterocycles. The summed E-state index contributed by atoms with van der Waals surface area (Å²) in [7, 11) is 0. The second kappa shape index (κ2) is 8.39. The van der Waals surface area contributed by atoms with E-state index in [1.807, 2.05) is 0 Å². The van der Waals surface area contributed by atoms with E-state index in [9.17, 15) is 0 Å². The number of hydrogen-bond acceptors (Lipinski definition) is 5. The minimum Gasteiger partial charge on any atom is -0.508 e. The third-order valence-electron chi connectivity index (χ3n) is 2.78. The zero-order valence-corrected chi connectivity index (χ0v) is 11.5. The molecule has 0 aliphatic carbocycles. The summed E-state index contributed by atoms with van der Waals surface area (Å²) >= 11 is 0. The summed E-state index contributed by atoms with van der Waals surface area (Å²) in [4.78, 5) is 9.00. The van der Waals surface area contributed by atoms with E-state index < -0.39 is 5.97 Å². The Hall–Kier alpha value is -1.79. The molecule has 112 valence electrons. The third kappa shape index (κ3) is 6.40. The first-order valence-electron chi connectivity index (χ1n) is 6.46. The number of phenolic OH excluding ortho intramolecular Hbond substituents is 1. The van der Waals surface area contributed by atoms with Gasteiger partial charge in [0.25, 0.3) is 5.97 Å². The molecule has 0 amide bonds. The lowest BCUT2D eigenvalue weighted by Gasteiger charge is -2.03. The van der Waals surface area contributed by atoms with Crippen molar-refractivity contribution in [3.8, 4) is 5.75 Å². The van der Waals surface area contributed by atoms with E-state index >= 15 is 0 Å². The number of nitrogen functional groups attached to an aromatic ring is 1. The molecule has 2 heterocycles. The predicted octanol–water partition coefficient (Wildman–Crippen LogP) is 1.63. The van der Waals surface area contributed by atoms with Crippen molar-refractivity contribution < 1.29 is 24.5 Å². The van der Waals surface area contributed by atoms with Crippen molar-refractivity contribution >= 4 is 11.7 Å². The van der Waals surface area contributed by atoms with E-state index in [2.05, 4.69) is 0 Å². The number of carboxylic acids is 1. The number of carbonyl (C=O) groups is 1. The summed E-state index contributed by atoms with van der Waals surface area (Å²) < 4.78 is 10.7. The number of hydrogen-bond donors (Lipinski definition) is 3. The van der Waals surface area contributed by atoms with Gasteiger partial charge in [-0.15, -0.1) is 0 Å².